The summed E-state index contributed by atoms with van der Waals surface area (Å²) < 4.78 is 10.8. The van der Waals surface area contributed by atoms with E-state index in [4.69, 9.17) is 19.7 Å². The van der Waals surface area contributed by atoms with Crippen molar-refractivity contribution in [3.05, 3.63) is 23.8 Å². The maximum absolute atomic E-state index is 12.0. The van der Waals surface area contributed by atoms with Crippen molar-refractivity contribution < 1.29 is 29.6 Å². The molecule has 2 rings (SSSR count). The molecule has 1 aromatic carbocycles. The molecule has 0 amide bonds. The molecule has 0 spiro atoms. The maximum atomic E-state index is 12.0. The Morgan fingerprint density at radius 1 is 1.42 bits per heavy atom. The number of carbonyl (C=O) groups excluding carboxylic acids is 1. The van der Waals surface area contributed by atoms with Crippen LogP contribution in [0.1, 0.15) is 16.8 Å². The number of benzene rings is 1. The van der Waals surface area contributed by atoms with Crippen LogP contribution in [0.4, 0.5) is 0 Å². The van der Waals surface area contributed by atoms with Gasteiger partial charge in [0.2, 0.25) is 0 Å². The topological polar surface area (TPSA) is 96.2 Å². The molecule has 2 atom stereocenters. The molecule has 0 bridgehead atoms. The van der Waals surface area contributed by atoms with Crippen LogP contribution in [0.25, 0.3) is 0 Å². The highest BCUT2D eigenvalue weighted by Gasteiger charge is 2.29. The molecule has 6 heteroatoms. The first-order valence-corrected chi connectivity index (χ1v) is 6.01. The summed E-state index contributed by atoms with van der Waals surface area (Å²) in [6.07, 6.45) is -1.44. The molecule has 104 valence electrons. The number of aliphatic hydroxyl groups is 3. The average Bonchev–Trinajstić information content (AvgIpc) is 2.44. The maximum Gasteiger partial charge on any atom is 0.174 e. The van der Waals surface area contributed by atoms with E-state index in [0.717, 1.165) is 0 Å². The van der Waals surface area contributed by atoms with Gasteiger partial charge in [0, 0.05) is 0 Å². The molecule has 6 nitrogen and oxygen atoms in total. The Morgan fingerprint density at radius 2 is 2.21 bits per heavy atom. The summed E-state index contributed by atoms with van der Waals surface area (Å²) in [5, 5.41) is 27.0. The number of rotatable bonds is 5. The third-order valence-corrected chi connectivity index (χ3v) is 2.82. The van der Waals surface area contributed by atoms with Crippen LogP contribution in [0.15, 0.2) is 18.2 Å². The fourth-order valence-corrected chi connectivity index (χ4v) is 1.87. The molecule has 2 unspecified atom stereocenters. The Hall–Kier alpha value is -1.63. The van der Waals surface area contributed by atoms with Gasteiger partial charge in [-0.3, -0.25) is 4.79 Å². The first kappa shape index (κ1) is 13.8. The van der Waals surface area contributed by atoms with E-state index in [1.54, 1.807) is 18.2 Å². The quantitative estimate of drug-likeness (QED) is 0.681. The molecule has 0 radical (unpaired) electrons. The van der Waals surface area contributed by atoms with Crippen LogP contribution in [0.5, 0.6) is 11.5 Å². The van der Waals surface area contributed by atoms with Crippen molar-refractivity contribution in [2.45, 2.75) is 18.6 Å². The zero-order valence-corrected chi connectivity index (χ0v) is 10.3. The van der Waals surface area contributed by atoms with Gasteiger partial charge in [0.1, 0.15) is 35.9 Å². The molecule has 19 heavy (non-hydrogen) atoms. The van der Waals surface area contributed by atoms with Crippen LogP contribution in [0.3, 0.4) is 0 Å². The van der Waals surface area contributed by atoms with Crippen molar-refractivity contribution in [3.8, 4) is 11.5 Å². The van der Waals surface area contributed by atoms with E-state index in [0.29, 0.717) is 17.1 Å². The molecule has 1 aromatic rings. The summed E-state index contributed by atoms with van der Waals surface area (Å²) in [4.78, 5) is 12.0. The van der Waals surface area contributed by atoms with E-state index in [2.05, 4.69) is 0 Å². The highest BCUT2D eigenvalue weighted by molar-refractivity contribution is 6.02. The molecule has 0 fully saturated rings. The Balaban J connectivity index is 2.21. The second kappa shape index (κ2) is 6.01. The molecule has 1 aliphatic rings. The van der Waals surface area contributed by atoms with Crippen molar-refractivity contribution in [3.63, 3.8) is 0 Å². The first-order valence-electron chi connectivity index (χ1n) is 6.01. The van der Waals surface area contributed by atoms with Gasteiger partial charge in [-0.1, -0.05) is 6.07 Å². The standard InChI is InChI=1S/C13H16O6/c14-5-8(16)7-18-11-2-1-3-12-13(11)10(17)4-9(6-15)19-12/h1-3,8-9,14-16H,4-7H2. The number of fused-ring (bicyclic) bond motifs is 1. The van der Waals surface area contributed by atoms with E-state index < -0.39 is 18.8 Å². The number of carbonyl (C=O) groups is 1. The van der Waals surface area contributed by atoms with Crippen molar-refractivity contribution in [2.75, 3.05) is 19.8 Å². The molecule has 0 saturated heterocycles. The minimum Gasteiger partial charge on any atom is -0.490 e. The van der Waals surface area contributed by atoms with Crippen molar-refractivity contribution >= 4 is 5.78 Å². The smallest absolute Gasteiger partial charge is 0.174 e. The van der Waals surface area contributed by atoms with Gasteiger partial charge in [0.05, 0.1) is 19.6 Å². The van der Waals surface area contributed by atoms with Crippen molar-refractivity contribution in [1.82, 2.24) is 0 Å². The lowest BCUT2D eigenvalue weighted by Gasteiger charge is -2.25. The molecule has 0 aromatic heterocycles. The van der Waals surface area contributed by atoms with E-state index >= 15 is 0 Å². The van der Waals surface area contributed by atoms with Crippen LogP contribution in [-0.2, 0) is 0 Å². The molecule has 1 aliphatic heterocycles. The summed E-state index contributed by atoms with van der Waals surface area (Å²) in [6.45, 7) is -0.741. The SMILES string of the molecule is O=C1CC(CO)Oc2cccc(OCC(O)CO)c21. The van der Waals surface area contributed by atoms with E-state index in [1.807, 2.05) is 0 Å². The minimum absolute atomic E-state index is 0.0897. The van der Waals surface area contributed by atoms with Crippen molar-refractivity contribution in [1.29, 1.82) is 0 Å². The number of ether oxygens (including phenoxy) is 2. The van der Waals surface area contributed by atoms with Crippen LogP contribution in [0, 0.1) is 0 Å². The second-order valence-corrected chi connectivity index (χ2v) is 4.33. The fraction of sp³-hybridized carbons (Fsp3) is 0.462. The summed E-state index contributed by atoms with van der Waals surface area (Å²) in [5.41, 5.74) is 0.317. The summed E-state index contributed by atoms with van der Waals surface area (Å²) in [6, 6.07) is 4.89. The third kappa shape index (κ3) is 3.04. The number of Topliss-reactive ketones (excluding diaryl/α,β-unsaturated/α-hetero) is 1. The Bertz CT molecular complexity index is 458. The third-order valence-electron chi connectivity index (χ3n) is 2.82. The van der Waals surface area contributed by atoms with Crippen molar-refractivity contribution in [2.24, 2.45) is 0 Å². The molecule has 0 saturated carbocycles. The predicted molar refractivity (Wildman–Crippen MR) is 65.5 cm³/mol. The Labute approximate surface area is 110 Å². The lowest BCUT2D eigenvalue weighted by atomic mass is 10.00. The molecular formula is C13H16O6. The number of ketones is 1. The molecular weight excluding hydrogens is 252 g/mol. The van der Waals surface area contributed by atoms with Gasteiger partial charge < -0.3 is 24.8 Å². The lowest BCUT2D eigenvalue weighted by molar-refractivity contribution is 0.0513. The summed E-state index contributed by atoms with van der Waals surface area (Å²) in [7, 11) is 0. The van der Waals surface area contributed by atoms with E-state index in [-0.39, 0.29) is 25.4 Å². The zero-order valence-electron chi connectivity index (χ0n) is 10.3. The largest absolute Gasteiger partial charge is 0.490 e. The van der Waals surface area contributed by atoms with E-state index in [9.17, 15) is 9.90 Å². The lowest BCUT2D eigenvalue weighted by Crippen LogP contribution is -2.30. The highest BCUT2D eigenvalue weighted by atomic mass is 16.5. The molecule has 1 heterocycles. The summed E-state index contributed by atoms with van der Waals surface area (Å²) >= 11 is 0. The number of hydrogen-bond donors (Lipinski definition) is 3. The normalized spacial score (nSPS) is 19.5. The average molecular weight is 268 g/mol. The predicted octanol–water partition coefficient (Wildman–Crippen LogP) is -0.255. The van der Waals surface area contributed by atoms with Crippen LogP contribution < -0.4 is 9.47 Å². The second-order valence-electron chi connectivity index (χ2n) is 4.33. The first-order chi connectivity index (χ1) is 9.15. The summed E-state index contributed by atoms with van der Waals surface area (Å²) in [5.74, 6) is 0.507. The highest BCUT2D eigenvalue weighted by Crippen LogP contribution is 2.34. The van der Waals surface area contributed by atoms with Gasteiger partial charge in [-0.15, -0.1) is 0 Å². The molecule has 3 N–H and O–H groups in total. The van der Waals surface area contributed by atoms with Crippen LogP contribution in [0.2, 0.25) is 0 Å². The number of aliphatic hydroxyl groups excluding tert-OH is 3. The fourth-order valence-electron chi connectivity index (χ4n) is 1.87. The van der Waals surface area contributed by atoms with Gasteiger partial charge in [0.25, 0.3) is 0 Å². The minimum atomic E-state index is -0.999. The van der Waals surface area contributed by atoms with Gasteiger partial charge in [-0.05, 0) is 12.1 Å². The van der Waals surface area contributed by atoms with E-state index in [1.165, 1.54) is 0 Å². The van der Waals surface area contributed by atoms with Crippen LogP contribution >= 0.6 is 0 Å². The number of hydrogen-bond acceptors (Lipinski definition) is 6. The van der Waals surface area contributed by atoms with Crippen LogP contribution in [-0.4, -0.2) is 53.1 Å². The Morgan fingerprint density at radius 3 is 2.89 bits per heavy atom. The zero-order chi connectivity index (χ0) is 13.8. The van der Waals surface area contributed by atoms with Gasteiger partial charge in [0.15, 0.2) is 5.78 Å². The molecule has 0 aliphatic carbocycles. The van der Waals surface area contributed by atoms with Gasteiger partial charge in [-0.2, -0.15) is 0 Å². The van der Waals surface area contributed by atoms with Gasteiger partial charge in [-0.25, -0.2) is 0 Å². The monoisotopic (exact) mass is 268 g/mol. The Kier molecular flexibility index (Phi) is 4.36. The van der Waals surface area contributed by atoms with Gasteiger partial charge >= 0.3 is 0 Å².